The molecule has 1 aromatic rings. The molecule has 106 valence electrons. The summed E-state index contributed by atoms with van der Waals surface area (Å²) in [5, 5.41) is 18.0. The van der Waals surface area contributed by atoms with Crippen LogP contribution in [0.4, 0.5) is 0 Å². The summed E-state index contributed by atoms with van der Waals surface area (Å²) in [6.45, 7) is 4.39. The lowest BCUT2D eigenvalue weighted by Crippen LogP contribution is -2.16. The Morgan fingerprint density at radius 2 is 2.26 bits per heavy atom. The molecule has 1 fully saturated rings. The van der Waals surface area contributed by atoms with Crippen molar-refractivity contribution in [1.82, 2.24) is 14.8 Å². The second-order valence-corrected chi connectivity index (χ2v) is 6.12. The molecule has 2 unspecified atom stereocenters. The smallest absolute Gasteiger partial charge is 0.313 e. The number of carbonyl (C=O) groups is 1. The van der Waals surface area contributed by atoms with Gasteiger partial charge in [-0.05, 0) is 25.2 Å². The Bertz CT molecular complexity index is 447. The average molecular weight is 283 g/mol. The molecule has 1 saturated carbocycles. The van der Waals surface area contributed by atoms with Gasteiger partial charge in [-0.25, -0.2) is 0 Å². The number of carboxylic acid groups (broad SMARTS) is 1. The van der Waals surface area contributed by atoms with Crippen molar-refractivity contribution in [1.29, 1.82) is 0 Å². The zero-order chi connectivity index (χ0) is 13.8. The fourth-order valence-electron chi connectivity index (χ4n) is 2.77. The van der Waals surface area contributed by atoms with E-state index in [1.807, 2.05) is 0 Å². The van der Waals surface area contributed by atoms with Crippen LogP contribution in [0.3, 0.4) is 0 Å². The molecule has 19 heavy (non-hydrogen) atoms. The first-order valence-corrected chi connectivity index (χ1v) is 7.90. The van der Waals surface area contributed by atoms with Gasteiger partial charge in [0.15, 0.2) is 5.16 Å². The summed E-state index contributed by atoms with van der Waals surface area (Å²) < 4.78 is 2.20. The monoisotopic (exact) mass is 283 g/mol. The van der Waals surface area contributed by atoms with E-state index in [0.717, 1.165) is 30.2 Å². The van der Waals surface area contributed by atoms with Crippen LogP contribution >= 0.6 is 11.8 Å². The van der Waals surface area contributed by atoms with Crippen LogP contribution in [0.2, 0.25) is 0 Å². The van der Waals surface area contributed by atoms with Gasteiger partial charge in [-0.2, -0.15) is 0 Å². The Kier molecular flexibility index (Phi) is 4.85. The maximum absolute atomic E-state index is 10.7. The number of aryl methyl sites for hydroxylation is 1. The van der Waals surface area contributed by atoms with Crippen molar-refractivity contribution >= 4 is 17.7 Å². The molecule has 1 N–H and O–H groups in total. The van der Waals surface area contributed by atoms with E-state index >= 15 is 0 Å². The minimum atomic E-state index is -0.809. The fourth-order valence-corrected chi connectivity index (χ4v) is 3.50. The normalized spacial score (nSPS) is 22.8. The van der Waals surface area contributed by atoms with Gasteiger partial charge in [-0.15, -0.1) is 10.2 Å². The summed E-state index contributed by atoms with van der Waals surface area (Å²) in [6, 6.07) is 0.438. The van der Waals surface area contributed by atoms with Gasteiger partial charge in [0.25, 0.3) is 0 Å². The van der Waals surface area contributed by atoms with E-state index in [0.29, 0.717) is 12.0 Å². The van der Waals surface area contributed by atoms with Crippen LogP contribution in [0.15, 0.2) is 5.16 Å². The van der Waals surface area contributed by atoms with Gasteiger partial charge in [-0.3, -0.25) is 4.79 Å². The van der Waals surface area contributed by atoms with Crippen LogP contribution in [0.5, 0.6) is 0 Å². The third kappa shape index (κ3) is 3.29. The maximum Gasteiger partial charge on any atom is 0.313 e. The molecule has 2 rings (SSSR count). The molecule has 1 heterocycles. The summed E-state index contributed by atoms with van der Waals surface area (Å²) >= 11 is 1.28. The first-order chi connectivity index (χ1) is 9.13. The van der Waals surface area contributed by atoms with Crippen molar-refractivity contribution in [2.75, 3.05) is 5.75 Å². The van der Waals surface area contributed by atoms with Gasteiger partial charge in [-0.1, -0.05) is 32.0 Å². The molecule has 1 aliphatic rings. The molecule has 0 aliphatic heterocycles. The highest BCUT2D eigenvalue weighted by Crippen LogP contribution is 2.38. The molecular formula is C13H21N3O2S. The first-order valence-electron chi connectivity index (χ1n) is 6.91. The van der Waals surface area contributed by atoms with E-state index in [-0.39, 0.29) is 5.75 Å². The Balaban J connectivity index is 2.24. The Labute approximate surface area is 117 Å². The van der Waals surface area contributed by atoms with E-state index in [4.69, 9.17) is 5.11 Å². The van der Waals surface area contributed by atoms with E-state index in [1.165, 1.54) is 24.6 Å². The van der Waals surface area contributed by atoms with Crippen molar-refractivity contribution in [2.45, 2.75) is 57.1 Å². The summed E-state index contributed by atoms with van der Waals surface area (Å²) in [5.74, 6) is 0.867. The van der Waals surface area contributed by atoms with E-state index < -0.39 is 5.97 Å². The molecule has 6 heteroatoms. The van der Waals surface area contributed by atoms with Gasteiger partial charge >= 0.3 is 5.97 Å². The highest BCUT2D eigenvalue weighted by atomic mass is 32.2. The summed E-state index contributed by atoms with van der Waals surface area (Å²) in [7, 11) is 0. The van der Waals surface area contributed by atoms with Gasteiger partial charge in [0.05, 0.1) is 5.75 Å². The molecule has 0 aromatic carbocycles. The predicted octanol–water partition coefficient (Wildman–Crippen LogP) is 2.77. The molecule has 0 saturated heterocycles. The van der Waals surface area contributed by atoms with Crippen LogP contribution in [0, 0.1) is 5.92 Å². The third-order valence-corrected chi connectivity index (χ3v) is 4.61. The predicted molar refractivity (Wildman–Crippen MR) is 74.4 cm³/mol. The lowest BCUT2D eigenvalue weighted by atomic mass is 10.1. The zero-order valence-corrected chi connectivity index (χ0v) is 12.3. The quantitative estimate of drug-likeness (QED) is 0.813. The number of hydrogen-bond donors (Lipinski definition) is 1. The third-order valence-electron chi connectivity index (χ3n) is 3.68. The lowest BCUT2D eigenvalue weighted by Gasteiger charge is -2.21. The number of carboxylic acids is 1. The van der Waals surface area contributed by atoms with Crippen LogP contribution in [0.1, 0.15) is 51.4 Å². The SMILES string of the molecule is CCCc1nnc(SCC(=O)O)n1C1CCCC1C. The number of aromatic nitrogens is 3. The Morgan fingerprint density at radius 1 is 1.47 bits per heavy atom. The molecule has 5 nitrogen and oxygen atoms in total. The van der Waals surface area contributed by atoms with Crippen LogP contribution < -0.4 is 0 Å². The van der Waals surface area contributed by atoms with Gasteiger partial charge in [0.2, 0.25) is 0 Å². The zero-order valence-electron chi connectivity index (χ0n) is 11.5. The molecule has 0 bridgehead atoms. The minimum Gasteiger partial charge on any atom is -0.481 e. The van der Waals surface area contributed by atoms with Crippen molar-refractivity contribution in [3.63, 3.8) is 0 Å². The molecule has 2 atom stereocenters. The number of aliphatic carboxylic acids is 1. The summed E-state index contributed by atoms with van der Waals surface area (Å²) in [5.41, 5.74) is 0. The van der Waals surface area contributed by atoms with Gasteiger partial charge < -0.3 is 9.67 Å². The van der Waals surface area contributed by atoms with Crippen LogP contribution in [-0.4, -0.2) is 31.6 Å². The lowest BCUT2D eigenvalue weighted by molar-refractivity contribution is -0.133. The van der Waals surface area contributed by atoms with Crippen molar-refractivity contribution in [2.24, 2.45) is 5.92 Å². The van der Waals surface area contributed by atoms with Crippen LogP contribution in [-0.2, 0) is 11.2 Å². The molecule has 1 aromatic heterocycles. The highest BCUT2D eigenvalue weighted by molar-refractivity contribution is 7.99. The number of rotatable bonds is 6. The van der Waals surface area contributed by atoms with Gasteiger partial charge in [0, 0.05) is 12.5 Å². The number of hydrogen-bond acceptors (Lipinski definition) is 4. The van der Waals surface area contributed by atoms with E-state index in [2.05, 4.69) is 28.6 Å². The summed E-state index contributed by atoms with van der Waals surface area (Å²) in [6.07, 6.45) is 5.55. The van der Waals surface area contributed by atoms with E-state index in [9.17, 15) is 4.79 Å². The maximum atomic E-state index is 10.7. The Hall–Kier alpha value is -1.04. The van der Waals surface area contributed by atoms with Gasteiger partial charge in [0.1, 0.15) is 5.82 Å². The number of nitrogens with zero attached hydrogens (tertiary/aromatic N) is 3. The second-order valence-electron chi connectivity index (χ2n) is 5.18. The molecule has 0 amide bonds. The second kappa shape index (κ2) is 6.41. The minimum absolute atomic E-state index is 0.0470. The highest BCUT2D eigenvalue weighted by Gasteiger charge is 2.29. The average Bonchev–Trinajstić information content (AvgIpc) is 2.93. The van der Waals surface area contributed by atoms with Crippen molar-refractivity contribution in [3.8, 4) is 0 Å². The molecule has 0 radical (unpaired) electrons. The summed E-state index contributed by atoms with van der Waals surface area (Å²) in [4.78, 5) is 10.7. The molecule has 1 aliphatic carbocycles. The van der Waals surface area contributed by atoms with Crippen molar-refractivity contribution in [3.05, 3.63) is 5.82 Å². The number of thioether (sulfide) groups is 1. The molecule has 0 spiro atoms. The first kappa shape index (κ1) is 14.4. The largest absolute Gasteiger partial charge is 0.481 e. The standard InChI is InChI=1S/C13H21N3O2S/c1-3-5-11-14-15-13(19-8-12(17)18)16(11)10-7-4-6-9(10)2/h9-10H,3-8H2,1-2H3,(H,17,18). The fraction of sp³-hybridized carbons (Fsp3) is 0.769. The van der Waals surface area contributed by atoms with E-state index in [1.54, 1.807) is 0 Å². The topological polar surface area (TPSA) is 68.0 Å². The van der Waals surface area contributed by atoms with Crippen molar-refractivity contribution < 1.29 is 9.90 Å². The molecular weight excluding hydrogens is 262 g/mol. The Morgan fingerprint density at radius 3 is 2.84 bits per heavy atom. The van der Waals surface area contributed by atoms with Crippen LogP contribution in [0.25, 0.3) is 0 Å².